The van der Waals surface area contributed by atoms with Gasteiger partial charge in [0.2, 0.25) is 15.9 Å². The number of benzene rings is 1. The Kier molecular flexibility index (Phi) is 6.49. The molecule has 1 atom stereocenters. The monoisotopic (exact) mass is 418 g/mol. The maximum Gasteiger partial charge on any atom is 0.244 e. The van der Waals surface area contributed by atoms with Gasteiger partial charge in [0, 0.05) is 31.2 Å². The smallest absolute Gasteiger partial charge is 0.244 e. The quantitative estimate of drug-likeness (QED) is 0.749. The van der Waals surface area contributed by atoms with Crippen LogP contribution in [-0.4, -0.2) is 49.7 Å². The van der Waals surface area contributed by atoms with Gasteiger partial charge in [0.15, 0.2) is 0 Å². The highest BCUT2D eigenvalue weighted by Gasteiger charge is 2.36. The van der Waals surface area contributed by atoms with Crippen molar-refractivity contribution in [2.24, 2.45) is 5.92 Å². The van der Waals surface area contributed by atoms with E-state index in [1.807, 2.05) is 4.90 Å². The Morgan fingerprint density at radius 2 is 1.69 bits per heavy atom. The standard InChI is InChI=1S/C18H24Cl2N2O3S/c19-15-7-8-16(20)17(12-15)26(24,25)22-11-5-6-14(13-22)18(23)21-9-3-1-2-4-10-21/h7-8,12,14H,1-6,9-11,13H2/t14-/m0/s1. The Bertz CT molecular complexity index is 762. The molecular weight excluding hydrogens is 395 g/mol. The number of carbonyl (C=O) groups excluding carboxylic acids is 1. The molecule has 0 spiro atoms. The van der Waals surface area contributed by atoms with Gasteiger partial charge >= 0.3 is 0 Å². The van der Waals surface area contributed by atoms with Crippen molar-refractivity contribution in [3.63, 3.8) is 0 Å². The van der Waals surface area contributed by atoms with Crippen molar-refractivity contribution in [2.75, 3.05) is 26.2 Å². The van der Waals surface area contributed by atoms with Crippen molar-refractivity contribution in [3.05, 3.63) is 28.2 Å². The molecule has 2 saturated heterocycles. The number of hydrogen-bond acceptors (Lipinski definition) is 3. The third-order valence-electron chi connectivity index (χ3n) is 5.16. The van der Waals surface area contributed by atoms with E-state index >= 15 is 0 Å². The van der Waals surface area contributed by atoms with Gasteiger partial charge in [0.05, 0.1) is 10.9 Å². The predicted octanol–water partition coefficient (Wildman–Crippen LogP) is 3.80. The molecule has 2 aliphatic rings. The molecule has 0 saturated carbocycles. The van der Waals surface area contributed by atoms with Crippen molar-refractivity contribution < 1.29 is 13.2 Å². The lowest BCUT2D eigenvalue weighted by atomic mass is 9.98. The number of nitrogens with zero attached hydrogens (tertiary/aromatic N) is 2. The van der Waals surface area contributed by atoms with Crippen LogP contribution in [0.15, 0.2) is 23.1 Å². The second-order valence-electron chi connectivity index (χ2n) is 7.02. The Morgan fingerprint density at radius 3 is 2.38 bits per heavy atom. The molecule has 3 rings (SSSR count). The molecule has 1 aromatic carbocycles. The maximum atomic E-state index is 13.0. The summed E-state index contributed by atoms with van der Waals surface area (Å²) in [6.45, 7) is 2.17. The summed E-state index contributed by atoms with van der Waals surface area (Å²) in [5.41, 5.74) is 0. The Balaban J connectivity index is 1.77. The molecule has 0 aliphatic carbocycles. The van der Waals surface area contributed by atoms with Crippen molar-refractivity contribution in [1.82, 2.24) is 9.21 Å². The van der Waals surface area contributed by atoms with Gasteiger partial charge in [-0.25, -0.2) is 8.42 Å². The van der Waals surface area contributed by atoms with E-state index in [2.05, 4.69) is 0 Å². The molecule has 1 aromatic rings. The van der Waals surface area contributed by atoms with Gasteiger partial charge in [-0.3, -0.25) is 4.79 Å². The molecule has 0 bridgehead atoms. The van der Waals surface area contributed by atoms with Gasteiger partial charge in [-0.1, -0.05) is 36.0 Å². The number of piperidine rings is 1. The average molecular weight is 419 g/mol. The molecule has 8 heteroatoms. The highest BCUT2D eigenvalue weighted by Crippen LogP contribution is 2.31. The summed E-state index contributed by atoms with van der Waals surface area (Å²) in [6, 6.07) is 4.42. The summed E-state index contributed by atoms with van der Waals surface area (Å²) in [4.78, 5) is 14.8. The van der Waals surface area contributed by atoms with Crippen LogP contribution < -0.4 is 0 Å². The van der Waals surface area contributed by atoms with Gasteiger partial charge < -0.3 is 4.90 Å². The van der Waals surface area contributed by atoms with Crippen molar-refractivity contribution in [2.45, 2.75) is 43.4 Å². The molecule has 5 nitrogen and oxygen atoms in total. The molecule has 2 fully saturated rings. The number of carbonyl (C=O) groups is 1. The van der Waals surface area contributed by atoms with Gasteiger partial charge in [-0.2, -0.15) is 4.31 Å². The highest BCUT2D eigenvalue weighted by atomic mass is 35.5. The first kappa shape index (κ1) is 19.9. The summed E-state index contributed by atoms with van der Waals surface area (Å²) >= 11 is 12.1. The molecule has 0 N–H and O–H groups in total. The second kappa shape index (κ2) is 8.46. The fraction of sp³-hybridized carbons (Fsp3) is 0.611. The molecule has 26 heavy (non-hydrogen) atoms. The number of sulfonamides is 1. The van der Waals surface area contributed by atoms with Crippen molar-refractivity contribution >= 4 is 39.1 Å². The molecule has 1 amide bonds. The van der Waals surface area contributed by atoms with Gasteiger partial charge in [0.1, 0.15) is 4.90 Å². The minimum atomic E-state index is -3.77. The zero-order valence-electron chi connectivity index (χ0n) is 14.7. The van der Waals surface area contributed by atoms with E-state index in [1.54, 1.807) is 6.07 Å². The number of amides is 1. The van der Waals surface area contributed by atoms with Crippen molar-refractivity contribution in [3.8, 4) is 0 Å². The van der Waals surface area contributed by atoms with Crippen LogP contribution in [0.2, 0.25) is 10.0 Å². The first-order chi connectivity index (χ1) is 12.4. The molecule has 0 aromatic heterocycles. The molecule has 2 heterocycles. The van der Waals surface area contributed by atoms with E-state index in [0.29, 0.717) is 18.0 Å². The van der Waals surface area contributed by atoms with Gasteiger partial charge in [0.25, 0.3) is 0 Å². The first-order valence-electron chi connectivity index (χ1n) is 9.13. The molecule has 0 unspecified atom stereocenters. The lowest BCUT2D eigenvalue weighted by Gasteiger charge is -2.34. The zero-order chi connectivity index (χ0) is 18.7. The lowest BCUT2D eigenvalue weighted by molar-refractivity contribution is -0.136. The summed E-state index contributed by atoms with van der Waals surface area (Å²) in [5, 5.41) is 0.470. The van der Waals surface area contributed by atoms with E-state index in [-0.39, 0.29) is 28.3 Å². The Morgan fingerprint density at radius 1 is 1.00 bits per heavy atom. The van der Waals surface area contributed by atoms with E-state index < -0.39 is 10.0 Å². The largest absolute Gasteiger partial charge is 0.342 e. The van der Waals surface area contributed by atoms with Crippen LogP contribution >= 0.6 is 23.2 Å². The lowest BCUT2D eigenvalue weighted by Crippen LogP contribution is -2.47. The zero-order valence-corrected chi connectivity index (χ0v) is 17.0. The summed E-state index contributed by atoms with van der Waals surface area (Å²) in [5.74, 6) is -0.196. The van der Waals surface area contributed by atoms with Crippen molar-refractivity contribution in [1.29, 1.82) is 0 Å². The highest BCUT2D eigenvalue weighted by molar-refractivity contribution is 7.89. The van der Waals surface area contributed by atoms with Crippen LogP contribution in [0.5, 0.6) is 0 Å². The summed E-state index contributed by atoms with van der Waals surface area (Å²) < 4.78 is 27.4. The number of hydrogen-bond donors (Lipinski definition) is 0. The molecule has 144 valence electrons. The van der Waals surface area contributed by atoms with Crippen LogP contribution in [0.1, 0.15) is 38.5 Å². The maximum absolute atomic E-state index is 13.0. The first-order valence-corrected chi connectivity index (χ1v) is 11.3. The fourth-order valence-electron chi connectivity index (χ4n) is 3.73. The van der Waals surface area contributed by atoms with E-state index in [9.17, 15) is 13.2 Å². The van der Waals surface area contributed by atoms with Crippen LogP contribution in [0, 0.1) is 5.92 Å². The third kappa shape index (κ3) is 4.35. The van der Waals surface area contributed by atoms with E-state index in [1.165, 1.54) is 16.4 Å². The SMILES string of the molecule is O=C([C@H]1CCCN(S(=O)(=O)c2cc(Cl)ccc2Cl)C1)N1CCCCCC1. The molecule has 2 aliphatic heterocycles. The Labute approximate surface area is 165 Å². The molecular formula is C18H24Cl2N2O3S. The van der Waals surface area contributed by atoms with Crippen LogP contribution in [0.25, 0.3) is 0 Å². The number of likely N-dealkylation sites (tertiary alicyclic amines) is 1. The third-order valence-corrected chi connectivity index (χ3v) is 7.74. The van der Waals surface area contributed by atoms with Gasteiger partial charge in [-0.05, 0) is 43.9 Å². The predicted molar refractivity (Wildman–Crippen MR) is 103 cm³/mol. The second-order valence-corrected chi connectivity index (χ2v) is 9.77. The number of rotatable bonds is 3. The van der Waals surface area contributed by atoms with Crippen LogP contribution in [0.3, 0.4) is 0 Å². The number of halogens is 2. The summed E-state index contributed by atoms with van der Waals surface area (Å²) in [6.07, 6.45) is 5.76. The Hall–Kier alpha value is -0.820. The van der Waals surface area contributed by atoms with E-state index in [4.69, 9.17) is 23.2 Å². The fourth-order valence-corrected chi connectivity index (χ4v) is 5.99. The van der Waals surface area contributed by atoms with E-state index in [0.717, 1.165) is 45.2 Å². The van der Waals surface area contributed by atoms with Crippen LogP contribution in [-0.2, 0) is 14.8 Å². The topological polar surface area (TPSA) is 57.7 Å². The minimum absolute atomic E-state index is 0.00883. The normalized spacial score (nSPS) is 22.8. The minimum Gasteiger partial charge on any atom is -0.342 e. The molecule has 0 radical (unpaired) electrons. The van der Waals surface area contributed by atoms with Crippen LogP contribution in [0.4, 0.5) is 0 Å². The summed E-state index contributed by atoms with van der Waals surface area (Å²) in [7, 11) is -3.77. The average Bonchev–Trinajstić information content (AvgIpc) is 2.92. The van der Waals surface area contributed by atoms with Gasteiger partial charge in [-0.15, -0.1) is 0 Å².